The van der Waals surface area contributed by atoms with Crippen LogP contribution in [0.1, 0.15) is 47.6 Å². The predicted octanol–water partition coefficient (Wildman–Crippen LogP) is 0.946. The Labute approximate surface area is 158 Å². The molecule has 27 heavy (non-hydrogen) atoms. The van der Waals surface area contributed by atoms with Crippen molar-refractivity contribution in [3.8, 4) is 0 Å². The third-order valence-corrected chi connectivity index (χ3v) is 4.85. The normalized spacial score (nSPS) is 15.9. The van der Waals surface area contributed by atoms with Gasteiger partial charge in [0.25, 0.3) is 5.91 Å². The lowest BCUT2D eigenvalue weighted by Crippen LogP contribution is -2.44. The number of aromatic nitrogens is 3. The van der Waals surface area contributed by atoms with Gasteiger partial charge in [-0.2, -0.15) is 0 Å². The molecule has 1 aliphatic heterocycles. The molecular formula is C19H26N6O2. The van der Waals surface area contributed by atoms with Crippen LogP contribution in [0.3, 0.4) is 0 Å². The Morgan fingerprint density at radius 3 is 2.67 bits per heavy atom. The van der Waals surface area contributed by atoms with E-state index in [-0.39, 0.29) is 23.6 Å². The minimum Gasteiger partial charge on any atom is -0.350 e. The monoisotopic (exact) mass is 370 g/mol. The predicted molar refractivity (Wildman–Crippen MR) is 101 cm³/mol. The van der Waals surface area contributed by atoms with Crippen molar-refractivity contribution >= 4 is 11.8 Å². The van der Waals surface area contributed by atoms with Gasteiger partial charge in [-0.25, -0.2) is 4.68 Å². The minimum atomic E-state index is -0.662. The van der Waals surface area contributed by atoms with Gasteiger partial charge in [0.1, 0.15) is 6.04 Å². The fraction of sp³-hybridized carbons (Fsp3) is 0.474. The SMILES string of the molecule is Cc1c(C(=O)NC(C)C(=O)NCc2ccccc2)nnn1C1CCNCC1. The molecule has 2 heterocycles. The van der Waals surface area contributed by atoms with Crippen LogP contribution >= 0.6 is 0 Å². The Balaban J connectivity index is 1.56. The molecule has 0 spiro atoms. The highest BCUT2D eigenvalue weighted by Crippen LogP contribution is 2.20. The van der Waals surface area contributed by atoms with Crippen LogP contribution in [0.4, 0.5) is 0 Å². The van der Waals surface area contributed by atoms with Crippen LogP contribution < -0.4 is 16.0 Å². The van der Waals surface area contributed by atoms with Gasteiger partial charge in [-0.1, -0.05) is 35.5 Å². The summed E-state index contributed by atoms with van der Waals surface area (Å²) < 4.78 is 1.83. The van der Waals surface area contributed by atoms with Crippen molar-refractivity contribution in [2.75, 3.05) is 13.1 Å². The van der Waals surface area contributed by atoms with E-state index in [0.717, 1.165) is 37.2 Å². The molecule has 1 fully saturated rings. The first-order chi connectivity index (χ1) is 13.1. The lowest BCUT2D eigenvalue weighted by molar-refractivity contribution is -0.122. The average Bonchev–Trinajstić information content (AvgIpc) is 3.09. The molecule has 1 aliphatic rings. The summed E-state index contributed by atoms with van der Waals surface area (Å²) in [5.41, 5.74) is 2.01. The smallest absolute Gasteiger partial charge is 0.274 e. The van der Waals surface area contributed by atoms with Gasteiger partial charge in [-0.05, 0) is 45.3 Å². The average molecular weight is 370 g/mol. The van der Waals surface area contributed by atoms with Crippen molar-refractivity contribution in [3.63, 3.8) is 0 Å². The second kappa shape index (κ2) is 8.77. The van der Waals surface area contributed by atoms with E-state index in [9.17, 15) is 9.59 Å². The van der Waals surface area contributed by atoms with Crippen LogP contribution in [0.15, 0.2) is 30.3 Å². The first-order valence-electron chi connectivity index (χ1n) is 9.31. The molecule has 0 radical (unpaired) electrons. The third kappa shape index (κ3) is 4.71. The zero-order chi connectivity index (χ0) is 19.2. The van der Waals surface area contributed by atoms with Gasteiger partial charge < -0.3 is 16.0 Å². The summed E-state index contributed by atoms with van der Waals surface area (Å²) >= 11 is 0. The number of rotatable bonds is 6. The van der Waals surface area contributed by atoms with Gasteiger partial charge in [0.15, 0.2) is 5.69 Å². The van der Waals surface area contributed by atoms with E-state index in [1.807, 2.05) is 41.9 Å². The summed E-state index contributed by atoms with van der Waals surface area (Å²) in [7, 11) is 0. The largest absolute Gasteiger partial charge is 0.350 e. The number of carbonyl (C=O) groups is 2. The van der Waals surface area contributed by atoms with E-state index >= 15 is 0 Å². The Bertz CT molecular complexity index is 783. The van der Waals surface area contributed by atoms with Crippen molar-refractivity contribution in [1.29, 1.82) is 0 Å². The molecule has 1 atom stereocenters. The molecule has 1 aromatic carbocycles. The third-order valence-electron chi connectivity index (χ3n) is 4.85. The number of piperidine rings is 1. The molecule has 1 saturated heterocycles. The number of hydrogen-bond acceptors (Lipinski definition) is 5. The van der Waals surface area contributed by atoms with E-state index in [2.05, 4.69) is 26.3 Å². The van der Waals surface area contributed by atoms with Gasteiger partial charge in [0.2, 0.25) is 5.91 Å². The molecule has 144 valence electrons. The minimum absolute atomic E-state index is 0.240. The van der Waals surface area contributed by atoms with E-state index in [4.69, 9.17) is 0 Å². The van der Waals surface area contributed by atoms with E-state index in [1.165, 1.54) is 0 Å². The number of carbonyl (C=O) groups excluding carboxylic acids is 2. The highest BCUT2D eigenvalue weighted by molar-refractivity contribution is 5.96. The quantitative estimate of drug-likeness (QED) is 0.703. The second-order valence-corrected chi connectivity index (χ2v) is 6.85. The highest BCUT2D eigenvalue weighted by atomic mass is 16.2. The Morgan fingerprint density at radius 1 is 1.26 bits per heavy atom. The number of nitrogens with one attached hydrogen (secondary N) is 3. The van der Waals surface area contributed by atoms with Gasteiger partial charge in [0.05, 0.1) is 11.7 Å². The van der Waals surface area contributed by atoms with E-state index < -0.39 is 6.04 Å². The summed E-state index contributed by atoms with van der Waals surface area (Å²) in [6.07, 6.45) is 1.92. The molecule has 1 unspecified atom stereocenters. The molecule has 8 nitrogen and oxygen atoms in total. The maximum atomic E-state index is 12.5. The van der Waals surface area contributed by atoms with Gasteiger partial charge in [-0.3, -0.25) is 9.59 Å². The highest BCUT2D eigenvalue weighted by Gasteiger charge is 2.24. The van der Waals surface area contributed by atoms with Crippen molar-refractivity contribution in [1.82, 2.24) is 30.9 Å². The molecule has 3 rings (SSSR count). The summed E-state index contributed by atoms with van der Waals surface area (Å²) in [6.45, 7) is 5.79. The van der Waals surface area contributed by atoms with Crippen LogP contribution in [0.2, 0.25) is 0 Å². The number of nitrogens with zero attached hydrogens (tertiary/aromatic N) is 3. The summed E-state index contributed by atoms with van der Waals surface area (Å²) in [5, 5.41) is 17.1. The number of benzene rings is 1. The van der Waals surface area contributed by atoms with Crippen LogP contribution in [-0.2, 0) is 11.3 Å². The Kier molecular flexibility index (Phi) is 6.18. The lowest BCUT2D eigenvalue weighted by Gasteiger charge is -2.23. The first kappa shape index (κ1) is 19.0. The molecule has 0 saturated carbocycles. The number of hydrogen-bond donors (Lipinski definition) is 3. The maximum absolute atomic E-state index is 12.5. The zero-order valence-electron chi connectivity index (χ0n) is 15.7. The fourth-order valence-corrected chi connectivity index (χ4v) is 3.22. The van der Waals surface area contributed by atoms with Crippen LogP contribution in [0, 0.1) is 6.92 Å². The Hall–Kier alpha value is -2.74. The van der Waals surface area contributed by atoms with Crippen LogP contribution in [0.5, 0.6) is 0 Å². The molecule has 0 aliphatic carbocycles. The molecular weight excluding hydrogens is 344 g/mol. The van der Waals surface area contributed by atoms with Crippen LogP contribution in [-0.4, -0.2) is 45.9 Å². The summed E-state index contributed by atoms with van der Waals surface area (Å²) in [6, 6.07) is 9.23. The van der Waals surface area contributed by atoms with E-state index in [1.54, 1.807) is 6.92 Å². The standard InChI is InChI=1S/C19H26N6O2/c1-13(18(26)21-12-15-6-4-3-5-7-15)22-19(27)17-14(2)25(24-23-17)16-8-10-20-11-9-16/h3-7,13,16,20H,8-12H2,1-2H3,(H,21,26)(H,22,27). The van der Waals surface area contributed by atoms with Gasteiger partial charge in [-0.15, -0.1) is 5.10 Å². The molecule has 3 N–H and O–H groups in total. The summed E-state index contributed by atoms with van der Waals surface area (Å²) in [5.74, 6) is -0.620. The molecule has 2 amide bonds. The summed E-state index contributed by atoms with van der Waals surface area (Å²) in [4.78, 5) is 24.8. The van der Waals surface area contributed by atoms with Crippen molar-refractivity contribution in [2.45, 2.75) is 45.3 Å². The van der Waals surface area contributed by atoms with Gasteiger partial charge >= 0.3 is 0 Å². The molecule has 2 aromatic rings. The van der Waals surface area contributed by atoms with Gasteiger partial charge in [0, 0.05) is 6.54 Å². The first-order valence-corrected chi connectivity index (χ1v) is 9.31. The van der Waals surface area contributed by atoms with Crippen molar-refractivity contribution in [2.24, 2.45) is 0 Å². The zero-order valence-corrected chi connectivity index (χ0v) is 15.7. The second-order valence-electron chi connectivity index (χ2n) is 6.85. The van der Waals surface area contributed by atoms with E-state index in [0.29, 0.717) is 6.54 Å². The molecule has 0 bridgehead atoms. The maximum Gasteiger partial charge on any atom is 0.274 e. The molecule has 8 heteroatoms. The fourth-order valence-electron chi connectivity index (χ4n) is 3.22. The topological polar surface area (TPSA) is 101 Å². The molecule has 1 aromatic heterocycles. The van der Waals surface area contributed by atoms with Crippen molar-refractivity contribution in [3.05, 3.63) is 47.3 Å². The number of amides is 2. The van der Waals surface area contributed by atoms with Crippen molar-refractivity contribution < 1.29 is 9.59 Å². The van der Waals surface area contributed by atoms with Crippen LogP contribution in [0.25, 0.3) is 0 Å². The Morgan fingerprint density at radius 2 is 1.96 bits per heavy atom. The lowest BCUT2D eigenvalue weighted by atomic mass is 10.1.